The van der Waals surface area contributed by atoms with E-state index in [2.05, 4.69) is 109 Å². The van der Waals surface area contributed by atoms with Gasteiger partial charge in [-0.1, -0.05) is 84.9 Å². The lowest BCUT2D eigenvalue weighted by molar-refractivity contribution is -0.933. The molecule has 0 saturated carbocycles. The van der Waals surface area contributed by atoms with E-state index in [-0.39, 0.29) is 0 Å². The molecule has 0 aliphatic carbocycles. The molecule has 2 fully saturated rings. The topological polar surface area (TPSA) is 151 Å². The van der Waals surface area contributed by atoms with Crippen LogP contribution in [0.1, 0.15) is 73.6 Å². The van der Waals surface area contributed by atoms with Crippen molar-refractivity contribution in [3.05, 3.63) is 131 Å². The minimum atomic E-state index is -5.19. The number of hydrogen-bond acceptors (Lipinski definition) is 8. The van der Waals surface area contributed by atoms with E-state index in [1.807, 2.05) is 0 Å². The first-order valence-corrected chi connectivity index (χ1v) is 23.4. The third-order valence-corrected chi connectivity index (χ3v) is 12.5. The molecular weight excluding hydrogens is 891 g/mol. The molecule has 4 N–H and O–H groups in total. The number of likely N-dealkylation sites (tertiary alicyclic amines) is 2. The molecule has 0 radical (unpaired) electrons. The molecule has 0 bridgehead atoms. The molecule has 2 saturated heterocycles. The van der Waals surface area contributed by atoms with Crippen LogP contribution < -0.4 is 31.2 Å². The Balaban J connectivity index is 0.000000282. The maximum Gasteiger partial charge on any atom is 0.430 e. The van der Waals surface area contributed by atoms with Gasteiger partial charge in [-0.3, -0.25) is 0 Å². The fourth-order valence-corrected chi connectivity index (χ4v) is 9.12. The molecule has 4 aromatic rings. The fraction of sp³-hybridized carbons (Fsp3) is 0.500. The number of benzene rings is 4. The van der Waals surface area contributed by atoms with E-state index in [9.17, 15) is 26.3 Å². The number of carbonyl (C=O) groups excluding carboxylic acids is 2. The minimum absolute atomic E-state index is 0.372. The summed E-state index contributed by atoms with van der Waals surface area (Å²) in [6.07, 6.45) is 4.12. The Hall–Kier alpha value is -5.16. The van der Waals surface area contributed by atoms with Gasteiger partial charge in [0.25, 0.3) is 0 Å². The van der Waals surface area contributed by atoms with Gasteiger partial charge in [0.05, 0.1) is 78.7 Å². The predicted molar refractivity (Wildman–Crippen MR) is 248 cm³/mol. The zero-order valence-electron chi connectivity index (χ0n) is 39.5. The van der Waals surface area contributed by atoms with Crippen LogP contribution in [0.3, 0.4) is 0 Å². The Bertz CT molecular complexity index is 1860. The van der Waals surface area contributed by atoms with E-state index in [1.54, 1.807) is 14.2 Å². The van der Waals surface area contributed by atoms with Gasteiger partial charge in [-0.05, 0) is 97.9 Å². The van der Waals surface area contributed by atoms with Gasteiger partial charge in [-0.2, -0.15) is 26.3 Å². The number of carboxylic acids is 2. The summed E-state index contributed by atoms with van der Waals surface area (Å²) in [4.78, 5) is 17.6. The number of carboxylic acid groups (broad SMARTS) is 2. The summed E-state index contributed by atoms with van der Waals surface area (Å²) in [5.41, 5.74) is 18.5. The number of carbonyl (C=O) groups is 2. The molecule has 376 valence electrons. The summed E-state index contributed by atoms with van der Waals surface area (Å²) < 4.78 is 76.0. The smallest absolute Gasteiger partial charge is 0.430 e. The molecule has 2 aliphatic heterocycles. The molecule has 4 aromatic carbocycles. The summed E-state index contributed by atoms with van der Waals surface area (Å²) in [6, 6.07) is 39.5. The standard InChI is InChI=1S/2C24H35N2O.2C2HF3O2/c2*1-27-24-15-13-22(14-16-24)11-6-18-26(19-7-12-23(25)20-26)17-5-10-21-8-3-2-4-9-21;2*3-2(4,5)1(6)7/h2*2-4,8-9,13-16,23H,5-7,10-12,17-20,25H2,1H3;2*(H,6,7)/q2*+1;;/p-2. The van der Waals surface area contributed by atoms with Gasteiger partial charge < -0.3 is 49.7 Å². The third-order valence-electron chi connectivity index (χ3n) is 12.5. The number of halogens is 6. The first-order chi connectivity index (χ1) is 32.3. The number of methoxy groups -OCH3 is 2. The van der Waals surface area contributed by atoms with Crippen molar-refractivity contribution in [2.75, 3.05) is 66.6 Å². The number of piperidine rings is 2. The van der Waals surface area contributed by atoms with Crippen molar-refractivity contribution < 1.29 is 64.6 Å². The molecule has 0 spiro atoms. The Kier molecular flexibility index (Phi) is 24.4. The van der Waals surface area contributed by atoms with E-state index in [4.69, 9.17) is 40.7 Å². The Labute approximate surface area is 398 Å². The first kappa shape index (κ1) is 57.2. The van der Waals surface area contributed by atoms with Crippen molar-refractivity contribution in [3.8, 4) is 11.5 Å². The van der Waals surface area contributed by atoms with Gasteiger partial charge in [-0.25, -0.2) is 0 Å². The molecule has 4 unspecified atom stereocenters. The second-order valence-corrected chi connectivity index (χ2v) is 17.8. The molecule has 2 aliphatic rings. The quantitative estimate of drug-likeness (QED) is 0.0801. The van der Waals surface area contributed by atoms with E-state index in [0.29, 0.717) is 12.1 Å². The molecule has 0 aromatic heterocycles. The highest BCUT2D eigenvalue weighted by Gasteiger charge is 2.34. The number of aliphatic carboxylic acids is 2. The number of aryl methyl sites for hydroxylation is 4. The van der Waals surface area contributed by atoms with Gasteiger partial charge in [-0.15, -0.1) is 0 Å². The maximum absolute atomic E-state index is 10.5. The van der Waals surface area contributed by atoms with Crippen LogP contribution in [-0.2, 0) is 35.3 Å². The highest BCUT2D eigenvalue weighted by molar-refractivity contribution is 5.71. The molecule has 4 atom stereocenters. The average molecular weight is 961 g/mol. The van der Waals surface area contributed by atoms with Crippen LogP contribution in [0.5, 0.6) is 11.5 Å². The number of quaternary nitrogens is 2. The van der Waals surface area contributed by atoms with E-state index in [0.717, 1.165) is 37.4 Å². The van der Waals surface area contributed by atoms with Crippen LogP contribution in [0.15, 0.2) is 109 Å². The Morgan fingerprint density at radius 1 is 0.515 bits per heavy atom. The van der Waals surface area contributed by atoms with Crippen molar-refractivity contribution in [2.24, 2.45) is 11.5 Å². The van der Waals surface area contributed by atoms with Gasteiger partial charge >= 0.3 is 12.4 Å². The molecule has 16 heteroatoms. The van der Waals surface area contributed by atoms with Gasteiger partial charge in [0, 0.05) is 25.7 Å². The molecule has 0 amide bonds. The van der Waals surface area contributed by atoms with Crippen molar-refractivity contribution >= 4 is 11.9 Å². The van der Waals surface area contributed by atoms with Crippen molar-refractivity contribution in [3.63, 3.8) is 0 Å². The van der Waals surface area contributed by atoms with Crippen molar-refractivity contribution in [2.45, 2.75) is 101 Å². The zero-order valence-corrected chi connectivity index (χ0v) is 39.5. The zero-order chi connectivity index (χ0) is 50.1. The second-order valence-electron chi connectivity index (χ2n) is 17.8. The molecular formula is C52H70F6N4O6. The summed E-state index contributed by atoms with van der Waals surface area (Å²) in [6.45, 7) is 9.89. The van der Waals surface area contributed by atoms with Crippen molar-refractivity contribution in [1.29, 1.82) is 0 Å². The van der Waals surface area contributed by atoms with Crippen LogP contribution in [0.25, 0.3) is 0 Å². The van der Waals surface area contributed by atoms with Gasteiger partial charge in [0.1, 0.15) is 23.4 Å². The predicted octanol–water partition coefficient (Wildman–Crippen LogP) is 6.99. The molecule has 6 rings (SSSR count). The number of nitrogens with two attached hydrogens (primary N) is 2. The van der Waals surface area contributed by atoms with Crippen LogP contribution in [-0.4, -0.2) is 112 Å². The lowest BCUT2D eigenvalue weighted by Gasteiger charge is -2.44. The maximum atomic E-state index is 10.5. The van der Waals surface area contributed by atoms with Crippen molar-refractivity contribution in [1.82, 2.24) is 0 Å². The minimum Gasteiger partial charge on any atom is -0.542 e. The number of alkyl halides is 6. The monoisotopic (exact) mass is 961 g/mol. The van der Waals surface area contributed by atoms with E-state index in [1.165, 1.54) is 135 Å². The first-order valence-electron chi connectivity index (χ1n) is 23.4. The third kappa shape index (κ3) is 22.3. The summed E-state index contributed by atoms with van der Waals surface area (Å²) in [5.74, 6) is -4.14. The van der Waals surface area contributed by atoms with Crippen LogP contribution in [0.4, 0.5) is 26.3 Å². The number of nitrogens with zero attached hydrogens (tertiary/aromatic N) is 2. The van der Waals surface area contributed by atoms with E-state index < -0.39 is 24.3 Å². The Morgan fingerprint density at radius 2 is 0.779 bits per heavy atom. The lowest BCUT2D eigenvalue weighted by Crippen LogP contribution is -2.58. The average Bonchev–Trinajstić information content (AvgIpc) is 3.30. The number of ether oxygens (including phenoxy) is 2. The lowest BCUT2D eigenvalue weighted by atomic mass is 10.00. The van der Waals surface area contributed by atoms with Gasteiger partial charge in [0.2, 0.25) is 0 Å². The number of hydrogen-bond donors (Lipinski definition) is 2. The summed E-state index contributed by atoms with van der Waals surface area (Å²) in [5, 5.41) is 17.6. The largest absolute Gasteiger partial charge is 0.542 e. The Morgan fingerprint density at radius 3 is 1.01 bits per heavy atom. The number of rotatable bonds is 18. The highest BCUT2D eigenvalue weighted by Crippen LogP contribution is 2.24. The summed E-state index contributed by atoms with van der Waals surface area (Å²) in [7, 11) is 3.44. The van der Waals surface area contributed by atoms with Crippen LogP contribution >= 0.6 is 0 Å². The highest BCUT2D eigenvalue weighted by atomic mass is 19.4. The molecule has 10 nitrogen and oxygen atoms in total. The second kappa shape index (κ2) is 29.0. The summed E-state index contributed by atoms with van der Waals surface area (Å²) >= 11 is 0. The SMILES string of the molecule is COc1ccc(CCC[N+]2(CCCc3ccccc3)CCCC(N)C2)cc1.COc1ccc(CCC[N+]2(CCCc3ccccc3)CCCC(N)C2)cc1.O=C([O-])C(F)(F)F.O=C([O-])C(F)(F)F. The normalized spacial score (nSPS) is 20.2. The van der Waals surface area contributed by atoms with Crippen LogP contribution in [0.2, 0.25) is 0 Å². The van der Waals surface area contributed by atoms with Gasteiger partial charge in [0.15, 0.2) is 0 Å². The fourth-order valence-electron chi connectivity index (χ4n) is 9.12. The molecule has 2 heterocycles. The van der Waals surface area contributed by atoms with E-state index >= 15 is 0 Å². The molecule has 68 heavy (non-hydrogen) atoms. The van der Waals surface area contributed by atoms with Crippen LogP contribution in [0, 0.1) is 0 Å².